The zero-order valence-electron chi connectivity index (χ0n) is 10.3. The van der Waals surface area contributed by atoms with Crippen LogP contribution in [0.2, 0.25) is 0 Å². The minimum atomic E-state index is -0.760. The van der Waals surface area contributed by atoms with E-state index in [1.54, 1.807) is 11.9 Å². The first-order valence-electron chi connectivity index (χ1n) is 6.18. The Morgan fingerprint density at radius 3 is 2.67 bits per heavy atom. The normalized spacial score (nSPS) is 20.5. The molecule has 0 radical (unpaired) electrons. The molecule has 1 N–H and O–H groups in total. The number of aliphatic carboxylic acids is 1. The van der Waals surface area contributed by atoms with E-state index < -0.39 is 11.4 Å². The van der Waals surface area contributed by atoms with E-state index in [1.165, 1.54) is 0 Å². The lowest BCUT2D eigenvalue weighted by atomic mass is 9.63. The molecule has 0 saturated heterocycles. The number of carboxylic acids is 1. The standard InChI is InChI=1S/C14H15NO3/c1-15-11-5-2-4-10(9(11)8-12(15)16)14(13(17)18)6-3-7-14/h2,4-5H,3,6-8H2,1H3,(H,17,18). The van der Waals surface area contributed by atoms with Crippen molar-refractivity contribution in [2.24, 2.45) is 0 Å². The van der Waals surface area contributed by atoms with Gasteiger partial charge in [0.1, 0.15) is 0 Å². The number of fused-ring (bicyclic) bond motifs is 1. The molecule has 0 spiro atoms. The van der Waals surface area contributed by atoms with Crippen molar-refractivity contribution in [3.05, 3.63) is 29.3 Å². The van der Waals surface area contributed by atoms with Gasteiger partial charge in [-0.25, -0.2) is 0 Å². The minimum absolute atomic E-state index is 0.0392. The highest BCUT2D eigenvalue weighted by Gasteiger charge is 2.48. The summed E-state index contributed by atoms with van der Waals surface area (Å²) >= 11 is 0. The molecule has 0 unspecified atom stereocenters. The Morgan fingerprint density at radius 2 is 2.11 bits per heavy atom. The van der Waals surface area contributed by atoms with Crippen molar-refractivity contribution in [1.82, 2.24) is 0 Å². The maximum absolute atomic E-state index is 11.8. The van der Waals surface area contributed by atoms with Crippen LogP contribution in [0.1, 0.15) is 30.4 Å². The molecule has 0 bridgehead atoms. The molecule has 1 aliphatic heterocycles. The molecule has 0 aromatic heterocycles. The van der Waals surface area contributed by atoms with Crippen LogP contribution in [0.4, 0.5) is 5.69 Å². The molecule has 1 amide bonds. The lowest BCUT2D eigenvalue weighted by Gasteiger charge is -2.39. The summed E-state index contributed by atoms with van der Waals surface area (Å²) in [5.41, 5.74) is 1.87. The van der Waals surface area contributed by atoms with Crippen molar-refractivity contribution in [3.8, 4) is 0 Å². The highest BCUT2D eigenvalue weighted by atomic mass is 16.4. The van der Waals surface area contributed by atoms with E-state index >= 15 is 0 Å². The van der Waals surface area contributed by atoms with Crippen molar-refractivity contribution < 1.29 is 14.7 Å². The quantitative estimate of drug-likeness (QED) is 0.863. The molecule has 1 fully saturated rings. The first-order valence-corrected chi connectivity index (χ1v) is 6.18. The number of benzene rings is 1. The van der Waals surface area contributed by atoms with E-state index in [1.807, 2.05) is 18.2 Å². The highest BCUT2D eigenvalue weighted by Crippen LogP contribution is 2.48. The Hall–Kier alpha value is -1.84. The Bertz CT molecular complexity index is 546. The average Bonchev–Trinajstić information content (AvgIpc) is 2.55. The SMILES string of the molecule is CN1C(=O)Cc2c1cccc2C1(C(=O)O)CCC1. The minimum Gasteiger partial charge on any atom is -0.481 e. The maximum atomic E-state index is 11.8. The molecule has 1 aliphatic carbocycles. The number of anilines is 1. The van der Waals surface area contributed by atoms with Gasteiger partial charge in [0.25, 0.3) is 0 Å². The van der Waals surface area contributed by atoms with Gasteiger partial charge in [0.15, 0.2) is 0 Å². The molecule has 94 valence electrons. The van der Waals surface area contributed by atoms with Gasteiger partial charge in [-0.2, -0.15) is 0 Å². The Kier molecular flexibility index (Phi) is 2.24. The lowest BCUT2D eigenvalue weighted by Crippen LogP contribution is -2.43. The third kappa shape index (κ3) is 1.26. The summed E-state index contributed by atoms with van der Waals surface area (Å²) in [4.78, 5) is 25.0. The van der Waals surface area contributed by atoms with Crippen LogP contribution in [-0.4, -0.2) is 24.0 Å². The first kappa shape index (κ1) is 11.3. The molecular formula is C14H15NO3. The molecule has 4 heteroatoms. The van der Waals surface area contributed by atoms with Crippen LogP contribution in [0, 0.1) is 0 Å². The number of hydrogen-bond donors (Lipinski definition) is 1. The van der Waals surface area contributed by atoms with Crippen LogP contribution >= 0.6 is 0 Å². The highest BCUT2D eigenvalue weighted by molar-refractivity contribution is 6.02. The summed E-state index contributed by atoms with van der Waals surface area (Å²) in [5.74, 6) is -0.721. The number of amides is 1. The Morgan fingerprint density at radius 1 is 1.39 bits per heavy atom. The fraction of sp³-hybridized carbons (Fsp3) is 0.429. The van der Waals surface area contributed by atoms with Crippen LogP contribution in [0.25, 0.3) is 0 Å². The third-order valence-corrected chi connectivity index (χ3v) is 4.35. The summed E-state index contributed by atoms with van der Waals surface area (Å²) in [6, 6.07) is 5.61. The van der Waals surface area contributed by atoms with Crippen LogP contribution in [-0.2, 0) is 21.4 Å². The second-order valence-corrected chi connectivity index (χ2v) is 5.17. The van der Waals surface area contributed by atoms with Crippen molar-refractivity contribution in [2.45, 2.75) is 31.1 Å². The van der Waals surface area contributed by atoms with Crippen LogP contribution < -0.4 is 4.90 Å². The van der Waals surface area contributed by atoms with Gasteiger partial charge in [0, 0.05) is 12.7 Å². The van der Waals surface area contributed by atoms with Crippen molar-refractivity contribution >= 4 is 17.6 Å². The van der Waals surface area contributed by atoms with Gasteiger partial charge in [-0.1, -0.05) is 18.6 Å². The van der Waals surface area contributed by atoms with E-state index in [2.05, 4.69) is 0 Å². The number of nitrogens with zero attached hydrogens (tertiary/aromatic N) is 1. The second-order valence-electron chi connectivity index (χ2n) is 5.17. The van der Waals surface area contributed by atoms with Crippen molar-refractivity contribution in [1.29, 1.82) is 0 Å². The molecule has 1 aromatic carbocycles. The predicted octanol–water partition coefficient (Wildman–Crippen LogP) is 1.71. The van der Waals surface area contributed by atoms with E-state index in [9.17, 15) is 14.7 Å². The molecule has 2 aliphatic rings. The second kappa shape index (κ2) is 3.57. The molecular weight excluding hydrogens is 230 g/mol. The number of hydrogen-bond acceptors (Lipinski definition) is 2. The topological polar surface area (TPSA) is 57.6 Å². The van der Waals surface area contributed by atoms with E-state index in [4.69, 9.17) is 0 Å². The predicted molar refractivity (Wildman–Crippen MR) is 66.7 cm³/mol. The van der Waals surface area contributed by atoms with Gasteiger partial charge in [0.05, 0.1) is 11.8 Å². The first-order chi connectivity index (χ1) is 8.56. The fourth-order valence-electron chi connectivity index (χ4n) is 3.06. The van der Waals surface area contributed by atoms with Gasteiger partial charge >= 0.3 is 5.97 Å². The van der Waals surface area contributed by atoms with Gasteiger partial charge in [-0.15, -0.1) is 0 Å². The number of carbonyl (C=O) groups excluding carboxylic acids is 1. The molecule has 1 saturated carbocycles. The van der Waals surface area contributed by atoms with Crippen LogP contribution in [0.3, 0.4) is 0 Å². The van der Waals surface area contributed by atoms with Gasteiger partial charge in [-0.3, -0.25) is 9.59 Å². The van der Waals surface area contributed by atoms with Crippen LogP contribution in [0.5, 0.6) is 0 Å². The lowest BCUT2D eigenvalue weighted by molar-refractivity contribution is -0.147. The van der Waals surface area contributed by atoms with Crippen molar-refractivity contribution in [2.75, 3.05) is 11.9 Å². The maximum Gasteiger partial charge on any atom is 0.314 e. The Balaban J connectivity index is 2.16. The third-order valence-electron chi connectivity index (χ3n) is 4.35. The molecule has 3 rings (SSSR count). The summed E-state index contributed by atoms with van der Waals surface area (Å²) in [7, 11) is 1.74. The average molecular weight is 245 g/mol. The largest absolute Gasteiger partial charge is 0.481 e. The number of carboxylic acid groups (broad SMARTS) is 1. The van der Waals surface area contributed by atoms with E-state index in [-0.39, 0.29) is 5.91 Å². The zero-order valence-corrected chi connectivity index (χ0v) is 10.3. The molecule has 1 heterocycles. The van der Waals surface area contributed by atoms with Gasteiger partial charge < -0.3 is 10.0 Å². The summed E-state index contributed by atoms with van der Waals surface area (Å²) in [6.07, 6.45) is 2.63. The smallest absolute Gasteiger partial charge is 0.314 e. The number of likely N-dealkylation sites (N-methyl/N-ethyl adjacent to an activating group) is 1. The van der Waals surface area contributed by atoms with Gasteiger partial charge in [0.2, 0.25) is 5.91 Å². The van der Waals surface area contributed by atoms with Gasteiger partial charge in [-0.05, 0) is 30.0 Å². The monoisotopic (exact) mass is 245 g/mol. The van der Waals surface area contributed by atoms with Crippen LogP contribution in [0.15, 0.2) is 18.2 Å². The summed E-state index contributed by atoms with van der Waals surface area (Å²) < 4.78 is 0. The molecule has 18 heavy (non-hydrogen) atoms. The molecule has 1 aromatic rings. The fourth-order valence-corrected chi connectivity index (χ4v) is 3.06. The summed E-state index contributed by atoms with van der Waals surface area (Å²) in [5, 5.41) is 9.50. The number of rotatable bonds is 2. The summed E-state index contributed by atoms with van der Waals surface area (Å²) in [6.45, 7) is 0. The van der Waals surface area contributed by atoms with Crippen molar-refractivity contribution in [3.63, 3.8) is 0 Å². The molecule has 4 nitrogen and oxygen atoms in total. The van der Waals surface area contributed by atoms with E-state index in [0.717, 1.165) is 23.2 Å². The molecule has 0 atom stereocenters. The van der Waals surface area contributed by atoms with E-state index in [0.29, 0.717) is 19.3 Å². The zero-order chi connectivity index (χ0) is 12.9. The Labute approximate surface area is 105 Å². The number of carbonyl (C=O) groups is 2.